The molecule has 0 aliphatic carbocycles. The first-order chi connectivity index (χ1) is 20.1. The molecule has 222 valence electrons. The molecule has 0 saturated heterocycles. The van der Waals surface area contributed by atoms with Crippen molar-refractivity contribution in [2.45, 2.75) is 64.2 Å². The molecule has 4 aromatic rings. The summed E-state index contributed by atoms with van der Waals surface area (Å²) in [6.07, 6.45) is 4.54. The van der Waals surface area contributed by atoms with Gasteiger partial charge < -0.3 is 36.8 Å². The average Bonchev–Trinajstić information content (AvgIpc) is 3.58. The zero-order chi connectivity index (χ0) is 30.4. The van der Waals surface area contributed by atoms with Gasteiger partial charge in [0.25, 0.3) is 0 Å². The van der Waals surface area contributed by atoms with E-state index in [-0.39, 0.29) is 18.8 Å². The summed E-state index contributed by atoms with van der Waals surface area (Å²) in [6.45, 7) is 5.03. The van der Waals surface area contributed by atoms with Crippen LogP contribution in [0.2, 0.25) is 0 Å². The molecular weight excluding hydrogens is 536 g/mol. The summed E-state index contributed by atoms with van der Waals surface area (Å²) in [7, 11) is 0. The monoisotopic (exact) mass is 574 g/mol. The lowest BCUT2D eigenvalue weighted by molar-refractivity contribution is -0.143. The zero-order valence-corrected chi connectivity index (χ0v) is 23.9. The first kappa shape index (κ1) is 30.3. The Morgan fingerprint density at radius 1 is 0.786 bits per heavy atom. The number of fused-ring (bicyclic) bond motifs is 2. The molecule has 5 unspecified atom stereocenters. The minimum atomic E-state index is -1.15. The fourth-order valence-corrected chi connectivity index (χ4v) is 4.98. The van der Waals surface area contributed by atoms with E-state index < -0.39 is 47.9 Å². The van der Waals surface area contributed by atoms with E-state index in [2.05, 4.69) is 25.9 Å². The van der Waals surface area contributed by atoms with Gasteiger partial charge in [0.2, 0.25) is 17.7 Å². The molecule has 5 atom stereocenters. The van der Waals surface area contributed by atoms with E-state index in [0.29, 0.717) is 6.42 Å². The topological polar surface area (TPSA) is 182 Å². The van der Waals surface area contributed by atoms with Gasteiger partial charge in [0.05, 0.1) is 6.04 Å². The number of hydrogen-bond acceptors (Lipinski definition) is 5. The summed E-state index contributed by atoms with van der Waals surface area (Å²) in [6, 6.07) is 11.2. The van der Waals surface area contributed by atoms with Crippen molar-refractivity contribution < 1.29 is 24.3 Å². The van der Waals surface area contributed by atoms with Gasteiger partial charge >= 0.3 is 5.97 Å². The number of nitrogens with one attached hydrogen (secondary N) is 5. The molecule has 11 heteroatoms. The maximum atomic E-state index is 13.5. The van der Waals surface area contributed by atoms with Crippen molar-refractivity contribution in [1.82, 2.24) is 25.9 Å². The number of amides is 3. The van der Waals surface area contributed by atoms with E-state index in [0.717, 1.165) is 32.9 Å². The Morgan fingerprint density at radius 2 is 1.33 bits per heavy atom. The van der Waals surface area contributed by atoms with Gasteiger partial charge in [-0.25, -0.2) is 4.79 Å². The highest BCUT2D eigenvalue weighted by atomic mass is 16.4. The molecule has 0 spiro atoms. The largest absolute Gasteiger partial charge is 0.480 e. The number of nitrogens with two attached hydrogens (primary N) is 1. The van der Waals surface area contributed by atoms with Crippen LogP contribution in [-0.2, 0) is 32.0 Å². The predicted octanol–water partition coefficient (Wildman–Crippen LogP) is 2.37. The highest BCUT2D eigenvalue weighted by Crippen LogP contribution is 2.21. The smallest absolute Gasteiger partial charge is 0.326 e. The molecule has 3 amide bonds. The van der Waals surface area contributed by atoms with Crippen molar-refractivity contribution in [3.63, 3.8) is 0 Å². The maximum absolute atomic E-state index is 13.5. The Bertz CT molecular complexity index is 1580. The third-order valence-corrected chi connectivity index (χ3v) is 7.71. The van der Waals surface area contributed by atoms with Gasteiger partial charge in [-0.1, -0.05) is 56.7 Å². The molecule has 42 heavy (non-hydrogen) atoms. The fourth-order valence-electron chi connectivity index (χ4n) is 4.98. The number of carbonyl (C=O) groups is 4. The van der Waals surface area contributed by atoms with Crippen molar-refractivity contribution in [1.29, 1.82) is 0 Å². The molecule has 2 heterocycles. The number of rotatable bonds is 13. The zero-order valence-electron chi connectivity index (χ0n) is 23.9. The second-order valence-electron chi connectivity index (χ2n) is 10.7. The van der Waals surface area contributed by atoms with Gasteiger partial charge in [0.15, 0.2) is 0 Å². The molecule has 0 fully saturated rings. The Hall–Kier alpha value is -4.64. The molecule has 0 radical (unpaired) electrons. The Morgan fingerprint density at radius 3 is 1.88 bits per heavy atom. The first-order valence-corrected chi connectivity index (χ1v) is 14.1. The van der Waals surface area contributed by atoms with Crippen LogP contribution in [-0.4, -0.2) is 62.9 Å². The second kappa shape index (κ2) is 13.3. The van der Waals surface area contributed by atoms with E-state index in [1.54, 1.807) is 13.1 Å². The highest BCUT2D eigenvalue weighted by Gasteiger charge is 2.31. The Labute approximate surface area is 243 Å². The highest BCUT2D eigenvalue weighted by molar-refractivity contribution is 5.95. The number of aromatic nitrogens is 2. The molecule has 2 aromatic carbocycles. The first-order valence-electron chi connectivity index (χ1n) is 14.1. The number of aliphatic carboxylic acids is 1. The summed E-state index contributed by atoms with van der Waals surface area (Å²) in [5, 5.41) is 19.3. The van der Waals surface area contributed by atoms with E-state index in [9.17, 15) is 24.3 Å². The normalized spacial score (nSPS) is 15.0. The molecule has 4 rings (SSSR count). The summed E-state index contributed by atoms with van der Waals surface area (Å²) < 4.78 is 0. The van der Waals surface area contributed by atoms with Crippen LogP contribution in [0.5, 0.6) is 0 Å². The van der Waals surface area contributed by atoms with Crippen LogP contribution >= 0.6 is 0 Å². The van der Waals surface area contributed by atoms with Crippen LogP contribution in [0.15, 0.2) is 60.9 Å². The molecule has 0 aliphatic rings. The number of H-pyrrole nitrogens is 2. The maximum Gasteiger partial charge on any atom is 0.326 e. The quantitative estimate of drug-likeness (QED) is 0.129. The second-order valence-corrected chi connectivity index (χ2v) is 10.7. The molecular formula is C31H38N6O5. The molecule has 0 aliphatic heterocycles. The fraction of sp³-hybridized carbons (Fsp3) is 0.355. The summed E-state index contributed by atoms with van der Waals surface area (Å²) in [5.41, 5.74) is 9.80. The van der Waals surface area contributed by atoms with Crippen LogP contribution in [0.1, 0.15) is 38.3 Å². The number of hydrogen-bond donors (Lipinski definition) is 7. The van der Waals surface area contributed by atoms with Crippen LogP contribution < -0.4 is 21.7 Å². The van der Waals surface area contributed by atoms with E-state index in [1.807, 2.05) is 61.7 Å². The Kier molecular flexibility index (Phi) is 9.64. The van der Waals surface area contributed by atoms with Crippen LogP contribution in [0.25, 0.3) is 21.8 Å². The number of aromatic amines is 2. The lowest BCUT2D eigenvalue weighted by atomic mass is 9.99. The minimum Gasteiger partial charge on any atom is -0.480 e. The van der Waals surface area contributed by atoms with Gasteiger partial charge in [-0.05, 0) is 42.5 Å². The summed E-state index contributed by atoms with van der Waals surface area (Å²) in [5.74, 6) is -3.19. The van der Waals surface area contributed by atoms with Crippen molar-refractivity contribution in [2.75, 3.05) is 0 Å². The summed E-state index contributed by atoms with van der Waals surface area (Å²) >= 11 is 0. The standard InChI is InChI=1S/C31H38N6O5/c1-4-17(2)27(31(41)42)37-28(38)18(3)35-30(40)26(14-20-16-34-25-12-8-6-10-22(20)25)36-29(39)23(32)13-19-15-33-24-11-7-5-9-21(19)24/h5-12,15-18,23,26-27,33-34H,4,13-14,32H2,1-3H3,(H,35,40)(H,36,39)(H,37,38)(H,41,42). The lowest BCUT2D eigenvalue weighted by Gasteiger charge is -2.25. The van der Waals surface area contributed by atoms with Gasteiger partial charge in [0, 0.05) is 40.6 Å². The third kappa shape index (κ3) is 6.98. The van der Waals surface area contributed by atoms with Gasteiger partial charge in [-0.2, -0.15) is 0 Å². The van der Waals surface area contributed by atoms with Crippen molar-refractivity contribution in [2.24, 2.45) is 11.7 Å². The lowest BCUT2D eigenvalue weighted by Crippen LogP contribution is -2.57. The molecule has 11 nitrogen and oxygen atoms in total. The van der Waals surface area contributed by atoms with Crippen molar-refractivity contribution in [3.05, 3.63) is 72.1 Å². The predicted molar refractivity (Wildman–Crippen MR) is 161 cm³/mol. The van der Waals surface area contributed by atoms with Crippen LogP contribution in [0, 0.1) is 5.92 Å². The van der Waals surface area contributed by atoms with Crippen LogP contribution in [0.3, 0.4) is 0 Å². The number of carboxylic acid groups (broad SMARTS) is 1. The van der Waals surface area contributed by atoms with Crippen LogP contribution in [0.4, 0.5) is 0 Å². The molecule has 2 aromatic heterocycles. The summed E-state index contributed by atoms with van der Waals surface area (Å²) in [4.78, 5) is 57.6. The average molecular weight is 575 g/mol. The van der Waals surface area contributed by atoms with Gasteiger partial charge in [-0.3, -0.25) is 14.4 Å². The van der Waals surface area contributed by atoms with Gasteiger partial charge in [0.1, 0.15) is 18.1 Å². The molecule has 8 N–H and O–H groups in total. The number of carboxylic acids is 1. The number of benzene rings is 2. The van der Waals surface area contributed by atoms with Crippen molar-refractivity contribution in [3.8, 4) is 0 Å². The molecule has 0 saturated carbocycles. The van der Waals surface area contributed by atoms with E-state index >= 15 is 0 Å². The van der Waals surface area contributed by atoms with E-state index in [1.165, 1.54) is 6.92 Å². The number of carbonyl (C=O) groups excluding carboxylic acids is 3. The SMILES string of the molecule is CCC(C)C(NC(=O)C(C)NC(=O)C(Cc1c[nH]c2ccccc12)NC(=O)C(N)Cc1c[nH]c2ccccc12)C(=O)O. The Balaban J connectivity index is 1.50. The molecule has 0 bridgehead atoms. The van der Waals surface area contributed by atoms with Crippen molar-refractivity contribution >= 4 is 45.5 Å². The minimum absolute atomic E-state index is 0.139. The number of para-hydroxylation sites is 2. The van der Waals surface area contributed by atoms with Gasteiger partial charge in [-0.15, -0.1) is 0 Å². The van der Waals surface area contributed by atoms with E-state index in [4.69, 9.17) is 5.73 Å². The third-order valence-electron chi connectivity index (χ3n) is 7.71.